The van der Waals surface area contributed by atoms with Crippen molar-refractivity contribution in [1.82, 2.24) is 0 Å². The molecule has 160 valence electrons. The first-order chi connectivity index (χ1) is 12.9. The Morgan fingerprint density at radius 2 is 1.35 bits per heavy atom. The van der Waals surface area contributed by atoms with Gasteiger partial charge in [0.2, 0.25) is 0 Å². The van der Waals surface area contributed by atoms with Gasteiger partial charge in [-0.3, -0.25) is 4.99 Å². The van der Waals surface area contributed by atoms with Crippen molar-refractivity contribution in [3.8, 4) is 0 Å². The highest BCUT2D eigenvalue weighted by Gasteiger charge is 1.95. The van der Waals surface area contributed by atoms with Crippen LogP contribution in [0.15, 0.2) is 17.3 Å². The minimum absolute atomic E-state index is 0.500. The summed E-state index contributed by atoms with van der Waals surface area (Å²) >= 11 is 0. The quantitative estimate of drug-likeness (QED) is 0.595. The first-order valence-electron chi connectivity index (χ1n) is 9.89. The SMILES string of the molecule is C/C=C/OC.C1=NCCO1.C1CCOC1.C1COCO1.CC.CC.CC. The lowest BCUT2D eigenvalue weighted by Gasteiger charge is -1.76. The lowest BCUT2D eigenvalue weighted by atomic mass is 10.4. The van der Waals surface area contributed by atoms with Crippen LogP contribution in [0.5, 0.6) is 0 Å². The molecule has 0 unspecified atom stereocenters. The normalized spacial score (nSPS) is 15.4. The summed E-state index contributed by atoms with van der Waals surface area (Å²) in [6, 6.07) is 0. The second-order valence-corrected chi connectivity index (χ2v) is 3.84. The molecule has 0 amide bonds. The maximum Gasteiger partial charge on any atom is 0.169 e. The molecule has 26 heavy (non-hydrogen) atoms. The average molecular weight is 380 g/mol. The fraction of sp³-hybridized carbons (Fsp3) is 0.850. The summed E-state index contributed by atoms with van der Waals surface area (Å²) in [4.78, 5) is 3.74. The minimum atomic E-state index is 0.500. The van der Waals surface area contributed by atoms with Crippen LogP contribution in [0.4, 0.5) is 0 Å². The number of nitrogens with zero attached hydrogens (tertiary/aromatic N) is 1. The molecule has 3 aliphatic rings. The molecule has 3 rings (SSSR count). The van der Waals surface area contributed by atoms with Gasteiger partial charge in [-0.1, -0.05) is 47.6 Å². The Hall–Kier alpha value is -1.11. The highest BCUT2D eigenvalue weighted by Crippen LogP contribution is 1.98. The van der Waals surface area contributed by atoms with E-state index in [0.717, 1.165) is 39.6 Å². The maximum absolute atomic E-state index is 4.94. The van der Waals surface area contributed by atoms with E-state index in [1.807, 2.05) is 54.5 Å². The Balaban J connectivity index is -0.000000113. The summed E-state index contributed by atoms with van der Waals surface area (Å²) in [6.45, 7) is 19.6. The summed E-state index contributed by atoms with van der Waals surface area (Å²) < 4.78 is 23.6. The molecule has 2 saturated heterocycles. The lowest BCUT2D eigenvalue weighted by Crippen LogP contribution is -1.80. The molecule has 0 radical (unpaired) electrons. The van der Waals surface area contributed by atoms with Gasteiger partial charge in [0.15, 0.2) is 6.40 Å². The summed E-state index contributed by atoms with van der Waals surface area (Å²) in [5.74, 6) is 0. The van der Waals surface area contributed by atoms with Crippen molar-refractivity contribution in [2.75, 3.05) is 53.5 Å². The van der Waals surface area contributed by atoms with E-state index in [4.69, 9.17) is 14.2 Å². The molecule has 0 saturated carbocycles. The van der Waals surface area contributed by atoms with E-state index >= 15 is 0 Å². The number of hydrogen-bond donors (Lipinski definition) is 0. The summed E-state index contributed by atoms with van der Waals surface area (Å²) in [6.07, 6.45) is 7.50. The standard InChI is InChI=1S/2C4H8O.C3H5NO.C3H6O2.3C2H6/c1-2-4-5-3-1;1-3-4-5-2;2*1-2-5-3-4-1;3*1-2/h1-4H2;3-4H,1-2H3;3H,1-2H2;1-3H2;3*1-2H3/b;4-3+;;;;;. The monoisotopic (exact) mass is 379 g/mol. The molecule has 0 atom stereocenters. The predicted octanol–water partition coefficient (Wildman–Crippen LogP) is 5.08. The predicted molar refractivity (Wildman–Crippen MR) is 112 cm³/mol. The van der Waals surface area contributed by atoms with E-state index in [-0.39, 0.29) is 0 Å². The van der Waals surface area contributed by atoms with Crippen LogP contribution in [0.25, 0.3) is 0 Å². The fourth-order valence-corrected chi connectivity index (χ4v) is 1.20. The molecule has 2 fully saturated rings. The van der Waals surface area contributed by atoms with Crippen LogP contribution in [-0.2, 0) is 23.7 Å². The van der Waals surface area contributed by atoms with Gasteiger partial charge in [0.25, 0.3) is 0 Å². The van der Waals surface area contributed by atoms with Crippen molar-refractivity contribution in [3.63, 3.8) is 0 Å². The second kappa shape index (κ2) is 43.9. The van der Waals surface area contributed by atoms with E-state index in [2.05, 4.69) is 14.5 Å². The average Bonchev–Trinajstić information content (AvgIpc) is 3.54. The number of allylic oxidation sites excluding steroid dienone is 1. The van der Waals surface area contributed by atoms with Crippen LogP contribution in [0.2, 0.25) is 0 Å². The molecular weight excluding hydrogens is 334 g/mol. The van der Waals surface area contributed by atoms with Crippen LogP contribution < -0.4 is 0 Å². The number of ether oxygens (including phenoxy) is 5. The second-order valence-electron chi connectivity index (χ2n) is 3.84. The van der Waals surface area contributed by atoms with Crippen molar-refractivity contribution in [2.24, 2.45) is 4.99 Å². The third kappa shape index (κ3) is 43.4. The van der Waals surface area contributed by atoms with E-state index in [9.17, 15) is 0 Å². The van der Waals surface area contributed by atoms with E-state index in [0.29, 0.717) is 6.79 Å². The van der Waals surface area contributed by atoms with Gasteiger partial charge in [0, 0.05) is 13.2 Å². The summed E-state index contributed by atoms with van der Waals surface area (Å²) in [5.41, 5.74) is 0. The Bertz CT molecular complexity index is 197. The highest BCUT2D eigenvalue weighted by atomic mass is 16.7. The molecule has 0 bridgehead atoms. The number of hydrogen-bond acceptors (Lipinski definition) is 6. The fourth-order valence-electron chi connectivity index (χ4n) is 1.20. The summed E-state index contributed by atoms with van der Waals surface area (Å²) in [7, 11) is 1.62. The van der Waals surface area contributed by atoms with E-state index in [1.165, 1.54) is 19.2 Å². The van der Waals surface area contributed by atoms with Gasteiger partial charge < -0.3 is 23.7 Å². The third-order valence-electron chi connectivity index (χ3n) is 2.13. The zero-order chi connectivity index (χ0) is 20.7. The van der Waals surface area contributed by atoms with Gasteiger partial charge in [-0.25, -0.2) is 0 Å². The smallest absolute Gasteiger partial charge is 0.169 e. The maximum atomic E-state index is 4.94. The Morgan fingerprint density at radius 1 is 0.808 bits per heavy atom. The van der Waals surface area contributed by atoms with Crippen LogP contribution in [-0.4, -0.2) is 59.9 Å². The Kier molecular flexibility index (Phi) is 54.9. The molecule has 6 nitrogen and oxygen atoms in total. The molecule has 3 heterocycles. The topological polar surface area (TPSA) is 58.5 Å². The van der Waals surface area contributed by atoms with Crippen LogP contribution >= 0.6 is 0 Å². The number of rotatable bonds is 1. The molecule has 0 aromatic heterocycles. The summed E-state index contributed by atoms with van der Waals surface area (Å²) in [5, 5.41) is 0. The number of methoxy groups -OCH3 is 1. The van der Waals surface area contributed by atoms with Crippen LogP contribution in [0.1, 0.15) is 61.3 Å². The van der Waals surface area contributed by atoms with Gasteiger partial charge >= 0.3 is 0 Å². The Labute approximate surface area is 162 Å². The first kappa shape index (κ1) is 32.6. The lowest BCUT2D eigenvalue weighted by molar-refractivity contribution is 0.0692. The van der Waals surface area contributed by atoms with Crippen molar-refractivity contribution in [3.05, 3.63) is 12.3 Å². The molecule has 3 aliphatic heterocycles. The zero-order valence-corrected chi connectivity index (χ0v) is 18.6. The molecule has 0 spiro atoms. The van der Waals surface area contributed by atoms with Crippen molar-refractivity contribution in [1.29, 1.82) is 0 Å². The molecule has 0 aromatic carbocycles. The van der Waals surface area contributed by atoms with E-state index in [1.54, 1.807) is 13.4 Å². The minimum Gasteiger partial charge on any atom is -0.505 e. The highest BCUT2D eigenvalue weighted by molar-refractivity contribution is 5.47. The molecule has 0 aliphatic carbocycles. The van der Waals surface area contributed by atoms with E-state index < -0.39 is 0 Å². The van der Waals surface area contributed by atoms with Gasteiger partial charge in [0.1, 0.15) is 13.4 Å². The van der Waals surface area contributed by atoms with Crippen LogP contribution in [0.3, 0.4) is 0 Å². The van der Waals surface area contributed by atoms with Crippen molar-refractivity contribution in [2.45, 2.75) is 61.3 Å². The zero-order valence-electron chi connectivity index (χ0n) is 18.6. The largest absolute Gasteiger partial charge is 0.505 e. The van der Waals surface area contributed by atoms with Crippen molar-refractivity contribution < 1.29 is 23.7 Å². The Morgan fingerprint density at radius 3 is 1.46 bits per heavy atom. The first-order valence-corrected chi connectivity index (χ1v) is 9.89. The number of aliphatic imine (C=N–C) groups is 1. The van der Waals surface area contributed by atoms with Crippen LogP contribution in [0, 0.1) is 0 Å². The molecule has 6 heteroatoms. The van der Waals surface area contributed by atoms with Gasteiger partial charge in [-0.15, -0.1) is 0 Å². The molecule has 0 N–H and O–H groups in total. The van der Waals surface area contributed by atoms with Gasteiger partial charge in [-0.2, -0.15) is 0 Å². The third-order valence-corrected chi connectivity index (χ3v) is 2.13. The van der Waals surface area contributed by atoms with Gasteiger partial charge in [0.05, 0.1) is 33.1 Å². The molecule has 0 aromatic rings. The van der Waals surface area contributed by atoms with Crippen molar-refractivity contribution >= 4 is 6.40 Å². The molecular formula is C20H45NO5. The van der Waals surface area contributed by atoms with Gasteiger partial charge in [-0.05, 0) is 19.8 Å².